The molecule has 8 heteroatoms. The summed E-state index contributed by atoms with van der Waals surface area (Å²) in [6.45, 7) is 1.85. The Morgan fingerprint density at radius 3 is 2.91 bits per heavy atom. The van der Waals surface area contributed by atoms with Crippen molar-refractivity contribution < 1.29 is 4.79 Å². The third kappa shape index (κ3) is 2.58. The van der Waals surface area contributed by atoms with Gasteiger partial charge in [0.25, 0.3) is 5.91 Å². The molecule has 1 aliphatic heterocycles. The van der Waals surface area contributed by atoms with Gasteiger partial charge in [0.1, 0.15) is 11.3 Å². The van der Waals surface area contributed by atoms with Crippen LogP contribution in [0, 0.1) is 0 Å². The summed E-state index contributed by atoms with van der Waals surface area (Å²) in [5.74, 6) is -0.597. The monoisotopic (exact) mass is 358 g/mol. The van der Waals surface area contributed by atoms with E-state index in [1.54, 1.807) is 11.8 Å². The smallest absolute Gasteiger partial charge is 0.267 e. The SMILES string of the molecule is CSc1c(Cl)c2c(Cl)cc(C(N)=O)nc2n1C1CCCNC1. The van der Waals surface area contributed by atoms with E-state index in [1.165, 1.54) is 6.07 Å². The molecule has 1 aliphatic rings. The Kier molecular flexibility index (Phi) is 4.54. The molecule has 1 unspecified atom stereocenters. The minimum atomic E-state index is -0.597. The first-order chi connectivity index (χ1) is 10.5. The second kappa shape index (κ2) is 6.28. The highest BCUT2D eigenvalue weighted by Gasteiger charge is 2.26. The minimum Gasteiger partial charge on any atom is -0.364 e. The highest BCUT2D eigenvalue weighted by Crippen LogP contribution is 2.42. The summed E-state index contributed by atoms with van der Waals surface area (Å²) in [6.07, 6.45) is 4.08. The summed E-state index contributed by atoms with van der Waals surface area (Å²) in [6, 6.07) is 1.71. The van der Waals surface area contributed by atoms with Crippen molar-refractivity contribution in [2.45, 2.75) is 23.9 Å². The Morgan fingerprint density at radius 1 is 1.55 bits per heavy atom. The van der Waals surface area contributed by atoms with Crippen molar-refractivity contribution >= 4 is 51.9 Å². The number of hydrogen-bond acceptors (Lipinski definition) is 4. The van der Waals surface area contributed by atoms with Crippen LogP contribution in [0.4, 0.5) is 0 Å². The van der Waals surface area contributed by atoms with Gasteiger partial charge in [0, 0.05) is 12.6 Å². The number of rotatable bonds is 3. The van der Waals surface area contributed by atoms with E-state index in [0.29, 0.717) is 21.1 Å². The number of carbonyl (C=O) groups is 1. The Balaban J connectivity index is 2.29. The molecule has 2 aromatic heterocycles. The van der Waals surface area contributed by atoms with E-state index in [2.05, 4.69) is 14.9 Å². The number of hydrogen-bond donors (Lipinski definition) is 2. The van der Waals surface area contributed by atoms with Crippen LogP contribution in [0.15, 0.2) is 11.1 Å². The second-order valence-electron chi connectivity index (χ2n) is 5.25. The molecular weight excluding hydrogens is 343 g/mol. The Morgan fingerprint density at radius 2 is 2.32 bits per heavy atom. The predicted molar refractivity (Wildman–Crippen MR) is 91.2 cm³/mol. The minimum absolute atomic E-state index is 0.157. The second-order valence-corrected chi connectivity index (χ2v) is 6.83. The van der Waals surface area contributed by atoms with E-state index in [-0.39, 0.29) is 11.7 Å². The normalized spacial score (nSPS) is 18.8. The standard InChI is InChI=1S/C14H16Cl2N4OS/c1-22-14-11(16)10-8(15)5-9(12(17)21)19-13(10)20(14)7-3-2-4-18-6-7/h5,7,18H,2-4,6H2,1H3,(H2,17,21). The molecule has 3 heterocycles. The van der Waals surface area contributed by atoms with Crippen LogP contribution in [0.5, 0.6) is 0 Å². The zero-order chi connectivity index (χ0) is 15.9. The van der Waals surface area contributed by atoms with E-state index in [9.17, 15) is 4.79 Å². The van der Waals surface area contributed by atoms with Gasteiger partial charge in [-0.15, -0.1) is 11.8 Å². The van der Waals surface area contributed by atoms with E-state index >= 15 is 0 Å². The maximum atomic E-state index is 11.5. The lowest BCUT2D eigenvalue weighted by Gasteiger charge is -2.26. The molecule has 1 fully saturated rings. The summed E-state index contributed by atoms with van der Waals surface area (Å²) in [7, 11) is 0. The molecule has 3 rings (SSSR count). The number of aromatic nitrogens is 2. The van der Waals surface area contributed by atoms with Gasteiger partial charge in [-0.05, 0) is 31.7 Å². The Hall–Kier alpha value is -0.950. The average molecular weight is 359 g/mol. The summed E-state index contributed by atoms with van der Waals surface area (Å²) in [5, 5.41) is 5.98. The van der Waals surface area contributed by atoms with Crippen LogP contribution in [0.2, 0.25) is 10.0 Å². The molecule has 1 saturated heterocycles. The fourth-order valence-electron chi connectivity index (χ4n) is 2.89. The maximum absolute atomic E-state index is 11.5. The van der Waals surface area contributed by atoms with Crippen LogP contribution in [-0.4, -0.2) is 34.8 Å². The van der Waals surface area contributed by atoms with Gasteiger partial charge in [-0.3, -0.25) is 4.79 Å². The molecule has 0 saturated carbocycles. The van der Waals surface area contributed by atoms with Crippen LogP contribution in [0.3, 0.4) is 0 Å². The summed E-state index contributed by atoms with van der Waals surface area (Å²) in [5.41, 5.74) is 6.15. The zero-order valence-corrected chi connectivity index (χ0v) is 14.4. The van der Waals surface area contributed by atoms with Crippen molar-refractivity contribution in [3.8, 4) is 0 Å². The van der Waals surface area contributed by atoms with Gasteiger partial charge >= 0.3 is 0 Å². The number of nitrogens with one attached hydrogen (secondary N) is 1. The zero-order valence-electron chi connectivity index (χ0n) is 12.0. The number of nitrogens with two attached hydrogens (primary N) is 1. The first-order valence-corrected chi connectivity index (χ1v) is 8.97. The number of piperidine rings is 1. The molecular formula is C14H16Cl2N4OS. The topological polar surface area (TPSA) is 72.9 Å². The highest BCUT2D eigenvalue weighted by molar-refractivity contribution is 7.98. The Bertz CT molecular complexity index is 740. The molecule has 5 nitrogen and oxygen atoms in total. The van der Waals surface area contributed by atoms with Gasteiger partial charge in [-0.2, -0.15) is 0 Å². The lowest BCUT2D eigenvalue weighted by atomic mass is 10.1. The van der Waals surface area contributed by atoms with Gasteiger partial charge < -0.3 is 15.6 Å². The van der Waals surface area contributed by atoms with Crippen LogP contribution >= 0.6 is 35.0 Å². The summed E-state index contributed by atoms with van der Waals surface area (Å²) in [4.78, 5) is 15.9. The predicted octanol–water partition coefficient (Wildman–Crippen LogP) is 3.09. The van der Waals surface area contributed by atoms with E-state index in [0.717, 1.165) is 31.0 Å². The molecule has 1 atom stereocenters. The number of fused-ring (bicyclic) bond motifs is 1. The van der Waals surface area contributed by atoms with Crippen LogP contribution < -0.4 is 11.1 Å². The van der Waals surface area contributed by atoms with Crippen molar-refractivity contribution in [3.63, 3.8) is 0 Å². The lowest BCUT2D eigenvalue weighted by molar-refractivity contribution is 0.0996. The van der Waals surface area contributed by atoms with Gasteiger partial charge in [-0.1, -0.05) is 23.2 Å². The van der Waals surface area contributed by atoms with Crippen LogP contribution in [0.1, 0.15) is 29.4 Å². The van der Waals surface area contributed by atoms with Crippen molar-refractivity contribution in [2.75, 3.05) is 19.3 Å². The number of amides is 1. The van der Waals surface area contributed by atoms with Crippen molar-refractivity contribution in [1.82, 2.24) is 14.9 Å². The van der Waals surface area contributed by atoms with Crippen molar-refractivity contribution in [1.29, 1.82) is 0 Å². The van der Waals surface area contributed by atoms with Crippen LogP contribution in [-0.2, 0) is 0 Å². The fraction of sp³-hybridized carbons (Fsp3) is 0.429. The number of nitrogens with zero attached hydrogens (tertiary/aromatic N) is 2. The molecule has 0 aromatic carbocycles. The molecule has 0 bridgehead atoms. The van der Waals surface area contributed by atoms with Crippen molar-refractivity contribution in [3.05, 3.63) is 21.8 Å². The van der Waals surface area contributed by atoms with Gasteiger partial charge in [0.05, 0.1) is 20.5 Å². The molecule has 2 aromatic rings. The van der Waals surface area contributed by atoms with E-state index in [1.807, 2.05) is 6.26 Å². The first-order valence-electron chi connectivity index (χ1n) is 6.99. The average Bonchev–Trinajstić information content (AvgIpc) is 2.80. The molecule has 118 valence electrons. The maximum Gasteiger partial charge on any atom is 0.267 e. The number of carbonyl (C=O) groups excluding carboxylic acids is 1. The third-order valence-corrected chi connectivity index (χ3v) is 5.45. The number of pyridine rings is 1. The number of primary amides is 1. The number of halogens is 2. The van der Waals surface area contributed by atoms with Gasteiger partial charge in [0.2, 0.25) is 0 Å². The quantitative estimate of drug-likeness (QED) is 0.826. The molecule has 0 aliphatic carbocycles. The van der Waals surface area contributed by atoms with Gasteiger partial charge in [-0.25, -0.2) is 4.98 Å². The van der Waals surface area contributed by atoms with Crippen LogP contribution in [0.25, 0.3) is 11.0 Å². The third-order valence-electron chi connectivity index (χ3n) is 3.89. The molecule has 3 N–H and O–H groups in total. The summed E-state index contributed by atoms with van der Waals surface area (Å²) < 4.78 is 2.09. The number of thioether (sulfide) groups is 1. The van der Waals surface area contributed by atoms with E-state index in [4.69, 9.17) is 28.9 Å². The molecule has 0 radical (unpaired) electrons. The van der Waals surface area contributed by atoms with Gasteiger partial charge in [0.15, 0.2) is 0 Å². The molecule has 22 heavy (non-hydrogen) atoms. The van der Waals surface area contributed by atoms with E-state index < -0.39 is 5.91 Å². The summed E-state index contributed by atoms with van der Waals surface area (Å²) >= 11 is 14.4. The first kappa shape index (κ1) is 15.9. The molecule has 0 spiro atoms. The lowest BCUT2D eigenvalue weighted by Crippen LogP contribution is -2.32. The molecule has 1 amide bonds. The largest absolute Gasteiger partial charge is 0.364 e. The Labute approximate surface area is 142 Å². The van der Waals surface area contributed by atoms with Crippen molar-refractivity contribution in [2.24, 2.45) is 5.73 Å². The highest BCUT2D eigenvalue weighted by atomic mass is 35.5. The fourth-order valence-corrected chi connectivity index (χ4v) is 4.45.